The van der Waals surface area contributed by atoms with Gasteiger partial charge in [-0.15, -0.1) is 0 Å². The third-order valence-corrected chi connectivity index (χ3v) is 5.39. The molecular weight excluding hydrogens is 396 g/mol. The van der Waals surface area contributed by atoms with Crippen molar-refractivity contribution in [1.82, 2.24) is 0 Å². The molecule has 5 heteroatoms. The monoisotopic (exact) mass is 398 g/mol. The van der Waals surface area contributed by atoms with E-state index < -0.39 is 3.23 Å². The molecule has 1 aromatic carbocycles. The van der Waals surface area contributed by atoms with Gasteiger partial charge in [0.05, 0.1) is 0 Å². The first-order chi connectivity index (χ1) is 6.49. The summed E-state index contributed by atoms with van der Waals surface area (Å²) in [5.74, 6) is 0. The number of rotatable bonds is 0. The van der Waals surface area contributed by atoms with Crippen molar-refractivity contribution in [3.8, 4) is 0 Å². The average molecular weight is 401 g/mol. The molecule has 74 valence electrons. The van der Waals surface area contributed by atoms with Crippen molar-refractivity contribution >= 4 is 64.7 Å². The van der Waals surface area contributed by atoms with E-state index in [0.717, 1.165) is 9.37 Å². The summed E-state index contributed by atoms with van der Waals surface area (Å²) in [4.78, 5) is 12.7. The first-order valence-electron chi connectivity index (χ1n) is 3.87. The molecule has 0 saturated heterocycles. The lowest BCUT2D eigenvalue weighted by Crippen LogP contribution is -2.28. The van der Waals surface area contributed by atoms with Crippen LogP contribution < -0.4 is 0 Å². The van der Waals surface area contributed by atoms with Crippen LogP contribution in [0.25, 0.3) is 0 Å². The Kier molecular flexibility index (Phi) is 3.13. The van der Waals surface area contributed by atoms with E-state index in [2.05, 4.69) is 47.8 Å². The zero-order valence-electron chi connectivity index (χ0n) is 6.89. The van der Waals surface area contributed by atoms with Gasteiger partial charge >= 0.3 is 0 Å². The van der Waals surface area contributed by atoms with E-state index in [9.17, 15) is 4.79 Å². The second-order valence-corrected chi connectivity index (χ2v) is 8.72. The van der Waals surface area contributed by atoms with Crippen molar-refractivity contribution in [2.45, 2.75) is 14.5 Å². The molecule has 0 fully saturated rings. The SMILES string of the molecule is O=C1Sc2ccc(Br)cc2CC1(Br)Br. The Morgan fingerprint density at radius 3 is 2.79 bits per heavy atom. The van der Waals surface area contributed by atoms with Gasteiger partial charge < -0.3 is 0 Å². The van der Waals surface area contributed by atoms with Crippen LogP contribution in [-0.2, 0) is 11.2 Å². The Labute approximate surface area is 111 Å². The number of carbonyl (C=O) groups is 1. The molecule has 1 heterocycles. The summed E-state index contributed by atoms with van der Waals surface area (Å²) in [6.45, 7) is 0. The zero-order chi connectivity index (χ0) is 10.3. The van der Waals surface area contributed by atoms with Crippen LogP contribution in [-0.4, -0.2) is 8.35 Å². The fourth-order valence-electron chi connectivity index (χ4n) is 1.27. The van der Waals surface area contributed by atoms with Gasteiger partial charge in [-0.1, -0.05) is 47.8 Å². The molecule has 1 nitrogen and oxygen atoms in total. The number of fused-ring (bicyclic) bond motifs is 1. The Bertz CT molecular complexity index is 403. The van der Waals surface area contributed by atoms with Crippen LogP contribution in [0.1, 0.15) is 5.56 Å². The number of halogens is 3. The van der Waals surface area contributed by atoms with Gasteiger partial charge in [-0.25, -0.2) is 0 Å². The van der Waals surface area contributed by atoms with Crippen molar-refractivity contribution in [2.75, 3.05) is 0 Å². The lowest BCUT2D eigenvalue weighted by atomic mass is 10.1. The molecule has 1 aliphatic rings. The fraction of sp³-hybridized carbons (Fsp3) is 0.222. The summed E-state index contributed by atoms with van der Waals surface area (Å²) in [6.07, 6.45) is 0.674. The Hall–Kier alpha value is 0.680. The lowest BCUT2D eigenvalue weighted by molar-refractivity contribution is -0.111. The normalized spacial score (nSPS) is 19.2. The van der Waals surface area contributed by atoms with Gasteiger partial charge in [-0.2, -0.15) is 0 Å². The molecule has 0 amide bonds. The van der Waals surface area contributed by atoms with E-state index in [-0.39, 0.29) is 5.12 Å². The van der Waals surface area contributed by atoms with Crippen molar-refractivity contribution in [2.24, 2.45) is 0 Å². The molecule has 0 atom stereocenters. The highest BCUT2D eigenvalue weighted by atomic mass is 79.9. The van der Waals surface area contributed by atoms with Gasteiger partial charge in [0, 0.05) is 15.8 Å². The van der Waals surface area contributed by atoms with Gasteiger partial charge in [0.15, 0.2) is 3.23 Å². The minimum atomic E-state index is -0.599. The molecule has 0 saturated carbocycles. The van der Waals surface area contributed by atoms with Gasteiger partial charge in [-0.05, 0) is 35.5 Å². The van der Waals surface area contributed by atoms with Gasteiger partial charge in [-0.3, -0.25) is 4.79 Å². The van der Waals surface area contributed by atoms with Gasteiger partial charge in [0.25, 0.3) is 0 Å². The van der Waals surface area contributed by atoms with E-state index >= 15 is 0 Å². The maximum absolute atomic E-state index is 11.6. The quantitative estimate of drug-likeness (QED) is 0.609. The largest absolute Gasteiger partial charge is 0.284 e. The van der Waals surface area contributed by atoms with E-state index in [1.165, 1.54) is 17.3 Å². The van der Waals surface area contributed by atoms with Crippen molar-refractivity contribution in [3.63, 3.8) is 0 Å². The highest BCUT2D eigenvalue weighted by Gasteiger charge is 2.38. The van der Waals surface area contributed by atoms with E-state index in [0.29, 0.717) is 6.42 Å². The number of alkyl halides is 2. The second-order valence-electron chi connectivity index (χ2n) is 3.02. The molecule has 0 unspecified atom stereocenters. The molecule has 2 rings (SSSR count). The smallest absolute Gasteiger partial charge is 0.221 e. The van der Waals surface area contributed by atoms with Crippen LogP contribution >= 0.6 is 59.6 Å². The maximum Gasteiger partial charge on any atom is 0.221 e. The second kappa shape index (κ2) is 3.92. The standard InChI is InChI=1S/C9H5Br3OS/c10-6-1-2-7-5(3-6)4-9(11,12)8(13)14-7/h1-3H,4H2. The van der Waals surface area contributed by atoms with Crippen LogP contribution in [0.15, 0.2) is 27.6 Å². The number of carbonyl (C=O) groups excluding carboxylic acids is 1. The molecule has 0 spiro atoms. The summed E-state index contributed by atoms with van der Waals surface area (Å²) < 4.78 is 0.445. The molecule has 0 N–H and O–H groups in total. The zero-order valence-corrected chi connectivity index (χ0v) is 12.5. The number of benzene rings is 1. The predicted octanol–water partition coefficient (Wildman–Crippen LogP) is 4.11. The summed E-state index contributed by atoms with van der Waals surface area (Å²) in [7, 11) is 0. The molecule has 1 aromatic rings. The fourth-order valence-corrected chi connectivity index (χ4v) is 3.59. The third-order valence-electron chi connectivity index (χ3n) is 1.94. The summed E-state index contributed by atoms with van der Waals surface area (Å²) >= 11 is 11.5. The Morgan fingerprint density at radius 1 is 1.36 bits per heavy atom. The van der Waals surface area contributed by atoms with Crippen LogP contribution in [0.3, 0.4) is 0 Å². The van der Waals surface area contributed by atoms with E-state index in [1.807, 2.05) is 18.2 Å². The summed E-state index contributed by atoms with van der Waals surface area (Å²) in [5, 5.41) is 0.104. The molecule has 0 bridgehead atoms. The van der Waals surface area contributed by atoms with Crippen molar-refractivity contribution < 1.29 is 4.79 Å². The first kappa shape index (κ1) is 11.2. The number of hydrogen-bond donors (Lipinski definition) is 0. The molecular formula is C9H5Br3OS. The van der Waals surface area contributed by atoms with Gasteiger partial charge in [0.2, 0.25) is 5.12 Å². The summed E-state index contributed by atoms with van der Waals surface area (Å²) in [6, 6.07) is 5.97. The van der Waals surface area contributed by atoms with Crippen molar-refractivity contribution in [3.05, 3.63) is 28.2 Å². The van der Waals surface area contributed by atoms with Crippen molar-refractivity contribution in [1.29, 1.82) is 0 Å². The van der Waals surface area contributed by atoms with Crippen LogP contribution in [0.4, 0.5) is 0 Å². The Balaban J connectivity index is 2.46. The Morgan fingerprint density at radius 2 is 2.07 bits per heavy atom. The molecule has 0 aliphatic carbocycles. The molecule has 14 heavy (non-hydrogen) atoms. The maximum atomic E-state index is 11.6. The predicted molar refractivity (Wildman–Crippen MR) is 69.3 cm³/mol. The van der Waals surface area contributed by atoms with E-state index in [1.54, 1.807) is 0 Å². The third kappa shape index (κ3) is 2.10. The van der Waals surface area contributed by atoms with Crippen LogP contribution in [0.5, 0.6) is 0 Å². The molecule has 0 aromatic heterocycles. The van der Waals surface area contributed by atoms with Gasteiger partial charge in [0.1, 0.15) is 0 Å². The summed E-state index contributed by atoms with van der Waals surface area (Å²) in [5.41, 5.74) is 1.18. The highest BCUT2D eigenvalue weighted by molar-refractivity contribution is 9.26. The highest BCUT2D eigenvalue weighted by Crippen LogP contribution is 2.45. The van der Waals surface area contributed by atoms with Crippen LogP contribution in [0.2, 0.25) is 0 Å². The average Bonchev–Trinajstić information content (AvgIpc) is 2.07. The first-order valence-corrected chi connectivity index (χ1v) is 7.07. The van der Waals surface area contributed by atoms with E-state index in [4.69, 9.17) is 0 Å². The lowest BCUT2D eigenvalue weighted by Gasteiger charge is -2.25. The minimum Gasteiger partial charge on any atom is -0.284 e. The topological polar surface area (TPSA) is 17.1 Å². The van der Waals surface area contributed by atoms with Crippen LogP contribution in [0, 0.1) is 0 Å². The molecule has 1 aliphatic heterocycles. The number of thioether (sulfide) groups is 1. The number of hydrogen-bond acceptors (Lipinski definition) is 2. The minimum absolute atomic E-state index is 0.104. The molecule has 0 radical (unpaired) electrons.